The van der Waals surface area contributed by atoms with E-state index in [9.17, 15) is 0 Å². The summed E-state index contributed by atoms with van der Waals surface area (Å²) in [6.07, 6.45) is 1.13. The lowest BCUT2D eigenvalue weighted by atomic mass is 10.1. The Hall–Kier alpha value is -1.25. The lowest BCUT2D eigenvalue weighted by Crippen LogP contribution is -2.11. The van der Waals surface area contributed by atoms with Crippen LogP contribution in [0.1, 0.15) is 24.1 Å². The Bertz CT molecular complexity index is 478. The SMILES string of the molecule is CNC(C)c1ccc(SCCc2ccccc2)cc1. The molecule has 0 aliphatic carbocycles. The van der Waals surface area contributed by atoms with Gasteiger partial charge in [-0.05, 0) is 43.7 Å². The maximum atomic E-state index is 3.26. The summed E-state index contributed by atoms with van der Waals surface area (Å²) in [4.78, 5) is 1.35. The van der Waals surface area contributed by atoms with Crippen LogP contribution in [-0.4, -0.2) is 12.8 Å². The molecule has 19 heavy (non-hydrogen) atoms. The normalized spacial score (nSPS) is 12.3. The topological polar surface area (TPSA) is 12.0 Å². The molecule has 100 valence electrons. The molecule has 0 radical (unpaired) electrons. The molecule has 0 spiro atoms. The van der Waals surface area contributed by atoms with Gasteiger partial charge in [-0.15, -0.1) is 11.8 Å². The van der Waals surface area contributed by atoms with Gasteiger partial charge in [0.05, 0.1) is 0 Å². The first-order valence-electron chi connectivity index (χ1n) is 6.73. The predicted molar refractivity (Wildman–Crippen MR) is 84.8 cm³/mol. The molecule has 2 heteroatoms. The Labute approximate surface area is 120 Å². The van der Waals surface area contributed by atoms with Gasteiger partial charge >= 0.3 is 0 Å². The molecule has 0 saturated heterocycles. The first-order valence-corrected chi connectivity index (χ1v) is 7.72. The molecule has 0 aliphatic heterocycles. The van der Waals surface area contributed by atoms with E-state index in [1.807, 2.05) is 18.8 Å². The zero-order chi connectivity index (χ0) is 13.5. The number of benzene rings is 2. The monoisotopic (exact) mass is 271 g/mol. The summed E-state index contributed by atoms with van der Waals surface area (Å²) in [7, 11) is 1.99. The van der Waals surface area contributed by atoms with Gasteiger partial charge in [-0.2, -0.15) is 0 Å². The largest absolute Gasteiger partial charge is 0.313 e. The van der Waals surface area contributed by atoms with Crippen molar-refractivity contribution in [2.45, 2.75) is 24.3 Å². The van der Waals surface area contributed by atoms with Gasteiger partial charge < -0.3 is 5.32 Å². The van der Waals surface area contributed by atoms with Crippen molar-refractivity contribution in [2.24, 2.45) is 0 Å². The third kappa shape index (κ3) is 4.41. The smallest absolute Gasteiger partial charge is 0.0289 e. The van der Waals surface area contributed by atoms with E-state index >= 15 is 0 Å². The standard InChI is InChI=1S/C17H21NS/c1-14(18-2)16-8-10-17(11-9-16)19-13-12-15-6-4-3-5-7-15/h3-11,14,18H,12-13H2,1-2H3. The van der Waals surface area contributed by atoms with Gasteiger partial charge in [0.2, 0.25) is 0 Å². The maximum absolute atomic E-state index is 3.26. The van der Waals surface area contributed by atoms with Crippen molar-refractivity contribution in [3.8, 4) is 0 Å². The van der Waals surface area contributed by atoms with E-state index < -0.39 is 0 Å². The second-order valence-corrected chi connectivity index (χ2v) is 5.83. The van der Waals surface area contributed by atoms with Crippen LogP contribution < -0.4 is 5.32 Å². The maximum Gasteiger partial charge on any atom is 0.0289 e. The zero-order valence-electron chi connectivity index (χ0n) is 11.6. The minimum atomic E-state index is 0.420. The van der Waals surface area contributed by atoms with Crippen molar-refractivity contribution in [1.29, 1.82) is 0 Å². The molecule has 0 aliphatic rings. The molecule has 1 unspecified atom stereocenters. The number of hydrogen-bond acceptors (Lipinski definition) is 2. The quantitative estimate of drug-likeness (QED) is 0.786. The van der Waals surface area contributed by atoms with Gasteiger partial charge in [0.15, 0.2) is 0 Å². The molecule has 0 aromatic heterocycles. The van der Waals surface area contributed by atoms with Crippen molar-refractivity contribution in [1.82, 2.24) is 5.32 Å². The third-order valence-corrected chi connectivity index (χ3v) is 4.33. The Morgan fingerprint density at radius 2 is 1.68 bits per heavy atom. The first kappa shape index (κ1) is 14.2. The molecule has 0 heterocycles. The van der Waals surface area contributed by atoms with E-state index in [4.69, 9.17) is 0 Å². The van der Waals surface area contributed by atoms with E-state index in [1.54, 1.807) is 0 Å². The van der Waals surface area contributed by atoms with E-state index in [0.29, 0.717) is 6.04 Å². The average molecular weight is 271 g/mol. The lowest BCUT2D eigenvalue weighted by Gasteiger charge is -2.11. The summed E-state index contributed by atoms with van der Waals surface area (Å²) in [6.45, 7) is 2.18. The zero-order valence-corrected chi connectivity index (χ0v) is 12.4. The van der Waals surface area contributed by atoms with Crippen LogP contribution in [0, 0.1) is 0 Å². The van der Waals surface area contributed by atoms with E-state index in [2.05, 4.69) is 66.8 Å². The Kier molecular flexibility index (Phi) is 5.49. The minimum Gasteiger partial charge on any atom is -0.313 e. The molecule has 0 saturated carbocycles. The molecule has 2 aromatic carbocycles. The highest BCUT2D eigenvalue weighted by Crippen LogP contribution is 2.21. The molecule has 2 aromatic rings. The fourth-order valence-corrected chi connectivity index (χ4v) is 2.85. The van der Waals surface area contributed by atoms with Crippen molar-refractivity contribution < 1.29 is 0 Å². The summed E-state index contributed by atoms with van der Waals surface area (Å²) in [5.74, 6) is 1.13. The van der Waals surface area contributed by atoms with Crippen LogP contribution in [0.2, 0.25) is 0 Å². The van der Waals surface area contributed by atoms with Gasteiger partial charge in [0, 0.05) is 16.7 Å². The average Bonchev–Trinajstić information content (AvgIpc) is 2.48. The summed E-state index contributed by atoms with van der Waals surface area (Å²) in [5, 5.41) is 3.26. The van der Waals surface area contributed by atoms with Crippen LogP contribution in [-0.2, 0) is 6.42 Å². The van der Waals surface area contributed by atoms with Crippen molar-refractivity contribution in [3.05, 3.63) is 65.7 Å². The number of rotatable bonds is 6. The van der Waals surface area contributed by atoms with Crippen LogP contribution >= 0.6 is 11.8 Å². The molecule has 0 bridgehead atoms. The second-order valence-electron chi connectivity index (χ2n) is 4.66. The summed E-state index contributed by atoms with van der Waals surface area (Å²) >= 11 is 1.92. The molecular formula is C17H21NS. The molecule has 1 N–H and O–H groups in total. The van der Waals surface area contributed by atoms with E-state index in [0.717, 1.165) is 12.2 Å². The van der Waals surface area contributed by atoms with Crippen molar-refractivity contribution in [3.63, 3.8) is 0 Å². The highest BCUT2D eigenvalue weighted by molar-refractivity contribution is 7.99. The van der Waals surface area contributed by atoms with Crippen molar-refractivity contribution >= 4 is 11.8 Å². The van der Waals surface area contributed by atoms with Gasteiger partial charge in [-0.25, -0.2) is 0 Å². The molecule has 0 fully saturated rings. The molecule has 1 nitrogen and oxygen atoms in total. The third-order valence-electron chi connectivity index (χ3n) is 3.32. The first-order chi connectivity index (χ1) is 9.29. The number of nitrogens with one attached hydrogen (secondary N) is 1. The van der Waals surface area contributed by atoms with Gasteiger partial charge in [0.1, 0.15) is 0 Å². The molecule has 0 amide bonds. The Balaban J connectivity index is 1.83. The van der Waals surface area contributed by atoms with Crippen LogP contribution in [0.3, 0.4) is 0 Å². The van der Waals surface area contributed by atoms with Crippen LogP contribution in [0.4, 0.5) is 0 Å². The number of hydrogen-bond donors (Lipinski definition) is 1. The summed E-state index contributed by atoms with van der Waals surface area (Å²) in [6, 6.07) is 20.0. The van der Waals surface area contributed by atoms with Crippen molar-refractivity contribution in [2.75, 3.05) is 12.8 Å². The highest BCUT2D eigenvalue weighted by atomic mass is 32.2. The van der Waals surface area contributed by atoms with Crippen LogP contribution in [0.15, 0.2) is 59.5 Å². The van der Waals surface area contributed by atoms with Gasteiger partial charge in [-0.3, -0.25) is 0 Å². The molecule has 2 rings (SSSR count). The minimum absolute atomic E-state index is 0.420. The van der Waals surface area contributed by atoms with Gasteiger partial charge in [0.25, 0.3) is 0 Å². The van der Waals surface area contributed by atoms with Crippen LogP contribution in [0.25, 0.3) is 0 Å². The Morgan fingerprint density at radius 1 is 1.00 bits per heavy atom. The van der Waals surface area contributed by atoms with Gasteiger partial charge in [-0.1, -0.05) is 42.5 Å². The second kappa shape index (κ2) is 7.37. The molecular weight excluding hydrogens is 250 g/mol. The number of aryl methyl sites for hydroxylation is 1. The van der Waals surface area contributed by atoms with Crippen LogP contribution in [0.5, 0.6) is 0 Å². The molecule has 1 atom stereocenters. The number of thioether (sulfide) groups is 1. The van der Waals surface area contributed by atoms with E-state index in [-0.39, 0.29) is 0 Å². The fourth-order valence-electron chi connectivity index (χ4n) is 1.95. The fraction of sp³-hybridized carbons (Fsp3) is 0.294. The summed E-state index contributed by atoms with van der Waals surface area (Å²) in [5.41, 5.74) is 2.75. The van der Waals surface area contributed by atoms with E-state index in [1.165, 1.54) is 16.0 Å². The predicted octanol–water partition coefficient (Wildman–Crippen LogP) is 4.30. The summed E-state index contributed by atoms with van der Waals surface area (Å²) < 4.78 is 0. The lowest BCUT2D eigenvalue weighted by molar-refractivity contribution is 0.652. The highest BCUT2D eigenvalue weighted by Gasteiger charge is 2.02. The Morgan fingerprint density at radius 3 is 2.32 bits per heavy atom.